The standard InChI is InChI=1S/C23H24N2O4S2/c1-2-29-20-11-4-3-10-19(20)24-23(26)18-9-7-8-17(16-18)21-12-13-22(30-21)31(27,28)25-14-5-6-15-25/h3-4,7-13,16H,2,5-6,14-15H2,1H3,(H,24,26). The first-order valence-corrected chi connectivity index (χ1v) is 12.5. The van der Waals surface area contributed by atoms with Crippen LogP contribution in [0.15, 0.2) is 64.9 Å². The largest absolute Gasteiger partial charge is 0.492 e. The number of nitrogens with one attached hydrogen (secondary N) is 1. The molecule has 1 aromatic heterocycles. The molecule has 2 heterocycles. The number of hydrogen-bond acceptors (Lipinski definition) is 5. The number of nitrogens with zero attached hydrogens (tertiary/aromatic N) is 1. The van der Waals surface area contributed by atoms with Gasteiger partial charge in [-0.25, -0.2) is 8.42 Å². The van der Waals surface area contributed by atoms with E-state index in [1.54, 1.807) is 40.7 Å². The number of thiophene rings is 1. The Kier molecular flexibility index (Phi) is 6.41. The second-order valence-corrected chi connectivity index (χ2v) is 10.4. The molecule has 0 spiro atoms. The van der Waals surface area contributed by atoms with Crippen molar-refractivity contribution in [3.05, 3.63) is 66.2 Å². The molecule has 0 bridgehead atoms. The fraction of sp³-hybridized carbons (Fsp3) is 0.261. The lowest BCUT2D eigenvalue weighted by Crippen LogP contribution is -2.27. The molecule has 1 aliphatic heterocycles. The van der Waals surface area contributed by atoms with Crippen LogP contribution in [0.5, 0.6) is 5.75 Å². The number of benzene rings is 2. The monoisotopic (exact) mass is 456 g/mol. The summed E-state index contributed by atoms with van der Waals surface area (Å²) in [4.78, 5) is 13.6. The van der Waals surface area contributed by atoms with Gasteiger partial charge in [0.2, 0.25) is 0 Å². The second-order valence-electron chi connectivity index (χ2n) is 7.19. The molecule has 0 unspecified atom stereocenters. The fourth-order valence-electron chi connectivity index (χ4n) is 3.53. The zero-order valence-corrected chi connectivity index (χ0v) is 18.8. The predicted octanol–water partition coefficient (Wildman–Crippen LogP) is 4.85. The normalized spacial score (nSPS) is 14.5. The van der Waals surface area contributed by atoms with Crippen molar-refractivity contribution in [2.75, 3.05) is 25.0 Å². The SMILES string of the molecule is CCOc1ccccc1NC(=O)c1cccc(-c2ccc(S(=O)(=O)N3CCCC3)s2)c1. The summed E-state index contributed by atoms with van der Waals surface area (Å²) in [6.45, 7) is 3.55. The van der Waals surface area contributed by atoms with Gasteiger partial charge in [-0.2, -0.15) is 4.31 Å². The molecule has 0 aliphatic carbocycles. The molecule has 2 aromatic carbocycles. The Hall–Kier alpha value is -2.68. The Balaban J connectivity index is 1.55. The molecule has 8 heteroatoms. The summed E-state index contributed by atoms with van der Waals surface area (Å²) in [5, 5.41) is 2.89. The van der Waals surface area contributed by atoms with Crippen LogP contribution >= 0.6 is 11.3 Å². The minimum atomic E-state index is -3.44. The van der Waals surface area contributed by atoms with Gasteiger partial charge in [0.05, 0.1) is 12.3 Å². The molecule has 0 atom stereocenters. The van der Waals surface area contributed by atoms with Crippen molar-refractivity contribution < 1.29 is 17.9 Å². The van der Waals surface area contributed by atoms with Crippen molar-refractivity contribution in [2.24, 2.45) is 0 Å². The van der Waals surface area contributed by atoms with Crippen LogP contribution in [0.1, 0.15) is 30.1 Å². The van der Waals surface area contributed by atoms with Gasteiger partial charge in [0.15, 0.2) is 0 Å². The Morgan fingerprint density at radius 2 is 1.84 bits per heavy atom. The van der Waals surface area contributed by atoms with Crippen molar-refractivity contribution in [3.8, 4) is 16.2 Å². The van der Waals surface area contributed by atoms with Crippen LogP contribution in [0.2, 0.25) is 0 Å². The Morgan fingerprint density at radius 1 is 1.06 bits per heavy atom. The van der Waals surface area contributed by atoms with Gasteiger partial charge >= 0.3 is 0 Å². The average molecular weight is 457 g/mol. The summed E-state index contributed by atoms with van der Waals surface area (Å²) in [6.07, 6.45) is 1.81. The molecule has 3 aromatic rings. The van der Waals surface area contributed by atoms with E-state index in [0.29, 0.717) is 40.9 Å². The first-order valence-electron chi connectivity index (χ1n) is 10.2. The van der Waals surface area contributed by atoms with Gasteiger partial charge in [-0.3, -0.25) is 4.79 Å². The van der Waals surface area contributed by atoms with Gasteiger partial charge in [-0.05, 0) is 61.7 Å². The average Bonchev–Trinajstić information content (AvgIpc) is 3.48. The third-order valence-electron chi connectivity index (χ3n) is 5.08. The van der Waals surface area contributed by atoms with Gasteiger partial charge in [-0.15, -0.1) is 11.3 Å². The molecule has 1 amide bonds. The van der Waals surface area contributed by atoms with E-state index in [9.17, 15) is 13.2 Å². The van der Waals surface area contributed by atoms with Crippen molar-refractivity contribution in [3.63, 3.8) is 0 Å². The summed E-state index contributed by atoms with van der Waals surface area (Å²) in [5.41, 5.74) is 1.90. The van der Waals surface area contributed by atoms with E-state index in [-0.39, 0.29) is 5.91 Å². The topological polar surface area (TPSA) is 75.7 Å². The van der Waals surface area contributed by atoms with Crippen LogP contribution < -0.4 is 10.1 Å². The number of para-hydroxylation sites is 2. The van der Waals surface area contributed by atoms with Crippen LogP contribution in [0, 0.1) is 0 Å². The number of amides is 1. The zero-order valence-electron chi connectivity index (χ0n) is 17.2. The summed E-state index contributed by atoms with van der Waals surface area (Å²) in [7, 11) is -3.44. The molecular weight excluding hydrogens is 432 g/mol. The van der Waals surface area contributed by atoms with E-state index in [1.807, 2.05) is 31.2 Å². The molecule has 6 nitrogen and oxygen atoms in total. The van der Waals surface area contributed by atoms with Crippen LogP contribution in [0.25, 0.3) is 10.4 Å². The molecule has 1 fully saturated rings. The zero-order chi connectivity index (χ0) is 21.8. The third-order valence-corrected chi connectivity index (χ3v) is 8.59. The van der Waals surface area contributed by atoms with Crippen molar-refractivity contribution in [1.82, 2.24) is 4.31 Å². The van der Waals surface area contributed by atoms with Crippen molar-refractivity contribution >= 4 is 33.0 Å². The molecule has 4 rings (SSSR count). The molecule has 1 saturated heterocycles. The van der Waals surface area contributed by atoms with E-state index in [1.165, 1.54) is 11.3 Å². The quantitative estimate of drug-likeness (QED) is 0.551. The van der Waals surface area contributed by atoms with Gasteiger partial charge in [0.1, 0.15) is 9.96 Å². The highest BCUT2D eigenvalue weighted by Crippen LogP contribution is 2.34. The lowest BCUT2D eigenvalue weighted by Gasteiger charge is -2.13. The smallest absolute Gasteiger partial charge is 0.255 e. The minimum absolute atomic E-state index is 0.254. The summed E-state index contributed by atoms with van der Waals surface area (Å²) >= 11 is 1.23. The number of carbonyl (C=O) groups excluding carboxylic acids is 1. The summed E-state index contributed by atoms with van der Waals surface area (Å²) in [5.74, 6) is 0.361. The number of rotatable bonds is 7. The first kappa shape index (κ1) is 21.5. The van der Waals surface area contributed by atoms with E-state index >= 15 is 0 Å². The van der Waals surface area contributed by atoms with E-state index in [4.69, 9.17) is 4.74 Å². The first-order chi connectivity index (χ1) is 15.0. The van der Waals surface area contributed by atoms with Gasteiger partial charge in [0, 0.05) is 23.5 Å². The molecule has 0 saturated carbocycles. The number of carbonyl (C=O) groups is 1. The lowest BCUT2D eigenvalue weighted by molar-refractivity contribution is 0.102. The molecule has 1 N–H and O–H groups in total. The highest BCUT2D eigenvalue weighted by Gasteiger charge is 2.28. The Morgan fingerprint density at radius 3 is 2.61 bits per heavy atom. The molecule has 1 aliphatic rings. The van der Waals surface area contributed by atoms with Gasteiger partial charge in [-0.1, -0.05) is 24.3 Å². The van der Waals surface area contributed by atoms with Crippen molar-refractivity contribution in [2.45, 2.75) is 24.0 Å². The van der Waals surface area contributed by atoms with Gasteiger partial charge in [0.25, 0.3) is 15.9 Å². The van der Waals surface area contributed by atoms with Crippen LogP contribution in [0.3, 0.4) is 0 Å². The van der Waals surface area contributed by atoms with Crippen molar-refractivity contribution in [1.29, 1.82) is 0 Å². The number of ether oxygens (including phenoxy) is 1. The molecular formula is C23H24N2O4S2. The van der Waals surface area contributed by atoms with E-state index in [0.717, 1.165) is 23.3 Å². The maximum absolute atomic E-state index is 12.8. The van der Waals surface area contributed by atoms with E-state index < -0.39 is 10.0 Å². The number of sulfonamides is 1. The van der Waals surface area contributed by atoms with E-state index in [2.05, 4.69) is 5.32 Å². The highest BCUT2D eigenvalue weighted by atomic mass is 32.2. The maximum Gasteiger partial charge on any atom is 0.255 e. The van der Waals surface area contributed by atoms with Gasteiger partial charge < -0.3 is 10.1 Å². The number of hydrogen-bond donors (Lipinski definition) is 1. The van der Waals surface area contributed by atoms with Crippen LogP contribution in [-0.2, 0) is 10.0 Å². The fourth-order valence-corrected chi connectivity index (χ4v) is 6.50. The molecule has 31 heavy (non-hydrogen) atoms. The highest BCUT2D eigenvalue weighted by molar-refractivity contribution is 7.91. The Labute approximate surface area is 186 Å². The Bertz CT molecular complexity index is 1180. The van der Waals surface area contributed by atoms with Crippen LogP contribution in [-0.4, -0.2) is 38.3 Å². The minimum Gasteiger partial charge on any atom is -0.492 e. The summed E-state index contributed by atoms with van der Waals surface area (Å²) < 4.78 is 33.1. The molecule has 0 radical (unpaired) electrons. The number of anilines is 1. The second kappa shape index (κ2) is 9.21. The third kappa shape index (κ3) is 4.66. The lowest BCUT2D eigenvalue weighted by atomic mass is 10.1. The predicted molar refractivity (Wildman–Crippen MR) is 123 cm³/mol. The molecule has 162 valence electrons. The van der Waals surface area contributed by atoms with Crippen LogP contribution in [0.4, 0.5) is 5.69 Å². The summed E-state index contributed by atoms with van der Waals surface area (Å²) in [6, 6.07) is 17.9. The maximum atomic E-state index is 12.8.